The molecule has 2 rings (SSSR count). The van der Waals surface area contributed by atoms with E-state index in [9.17, 15) is 9.18 Å². The lowest BCUT2D eigenvalue weighted by Crippen LogP contribution is -2.02. The molecule has 1 heterocycles. The van der Waals surface area contributed by atoms with Crippen molar-refractivity contribution < 1.29 is 18.7 Å². The number of hydrogen-bond acceptors (Lipinski definition) is 3. The molecule has 0 amide bonds. The summed E-state index contributed by atoms with van der Waals surface area (Å²) in [7, 11) is 0. The lowest BCUT2D eigenvalue weighted by molar-refractivity contribution is -0.0447. The van der Waals surface area contributed by atoms with Crippen LogP contribution >= 0.6 is 15.9 Å². The van der Waals surface area contributed by atoms with Gasteiger partial charge in [0.25, 0.3) is 0 Å². The van der Waals surface area contributed by atoms with Crippen LogP contribution in [0.25, 0.3) is 0 Å². The highest BCUT2D eigenvalue weighted by atomic mass is 79.9. The summed E-state index contributed by atoms with van der Waals surface area (Å²) >= 11 is 3.17. The van der Waals surface area contributed by atoms with Gasteiger partial charge in [-0.25, -0.2) is 4.39 Å². The summed E-state index contributed by atoms with van der Waals surface area (Å²) in [6, 6.07) is 2.78. The molecule has 0 unspecified atom stereocenters. The summed E-state index contributed by atoms with van der Waals surface area (Å²) in [5, 5.41) is 0. The van der Waals surface area contributed by atoms with Crippen LogP contribution in [0.1, 0.15) is 22.2 Å². The topological polar surface area (TPSA) is 35.5 Å². The molecular formula is C10H8BrFO3. The predicted molar refractivity (Wildman–Crippen MR) is 54.1 cm³/mol. The Kier molecular flexibility index (Phi) is 3.14. The van der Waals surface area contributed by atoms with Crippen LogP contribution in [0.2, 0.25) is 0 Å². The molecule has 3 nitrogen and oxygen atoms in total. The number of carbonyl (C=O) groups excluding carboxylic acids is 1. The van der Waals surface area contributed by atoms with Gasteiger partial charge in [0.2, 0.25) is 0 Å². The number of carbonyl (C=O) groups is 1. The van der Waals surface area contributed by atoms with Crippen molar-refractivity contribution >= 4 is 22.2 Å². The van der Waals surface area contributed by atoms with Gasteiger partial charge < -0.3 is 9.47 Å². The molecular weight excluding hydrogens is 267 g/mol. The third-order valence-electron chi connectivity index (χ3n) is 2.15. The molecule has 0 atom stereocenters. The molecule has 1 saturated heterocycles. The number of halogens is 2. The molecule has 15 heavy (non-hydrogen) atoms. The van der Waals surface area contributed by atoms with Crippen molar-refractivity contribution in [3.05, 3.63) is 33.5 Å². The third-order valence-corrected chi connectivity index (χ3v) is 3.04. The van der Waals surface area contributed by atoms with E-state index in [1.807, 2.05) is 0 Å². The smallest absolute Gasteiger partial charge is 0.185 e. The second-order valence-electron chi connectivity index (χ2n) is 3.06. The van der Waals surface area contributed by atoms with Crippen LogP contribution in [-0.2, 0) is 9.47 Å². The molecule has 80 valence electrons. The molecule has 0 aromatic heterocycles. The normalized spacial score (nSPS) is 16.9. The number of benzene rings is 1. The molecule has 1 aliphatic heterocycles. The molecule has 0 aliphatic carbocycles. The van der Waals surface area contributed by atoms with Crippen molar-refractivity contribution in [2.24, 2.45) is 0 Å². The Morgan fingerprint density at radius 3 is 2.67 bits per heavy atom. The zero-order valence-corrected chi connectivity index (χ0v) is 9.29. The molecule has 0 bridgehead atoms. The second kappa shape index (κ2) is 4.38. The van der Waals surface area contributed by atoms with E-state index in [-0.39, 0.29) is 5.56 Å². The number of ether oxygens (including phenoxy) is 2. The monoisotopic (exact) mass is 274 g/mol. The Morgan fingerprint density at radius 1 is 1.40 bits per heavy atom. The predicted octanol–water partition coefficient (Wildman–Crippen LogP) is 2.45. The summed E-state index contributed by atoms with van der Waals surface area (Å²) in [5.41, 5.74) is 0.627. The zero-order chi connectivity index (χ0) is 10.8. The summed E-state index contributed by atoms with van der Waals surface area (Å²) in [4.78, 5) is 10.7. The summed E-state index contributed by atoms with van der Waals surface area (Å²) in [5.74, 6) is -0.557. The van der Waals surface area contributed by atoms with E-state index in [0.29, 0.717) is 29.5 Å². The van der Waals surface area contributed by atoms with Crippen LogP contribution in [0, 0.1) is 5.82 Å². The Balaban J connectivity index is 2.43. The minimum absolute atomic E-state index is 0.00778. The highest BCUT2D eigenvalue weighted by Crippen LogP contribution is 2.32. The maximum absolute atomic E-state index is 13.2. The molecule has 0 radical (unpaired) electrons. The van der Waals surface area contributed by atoms with E-state index in [4.69, 9.17) is 9.47 Å². The Labute approximate surface area is 94.3 Å². The third kappa shape index (κ3) is 1.95. The molecule has 0 spiro atoms. The fourth-order valence-electron chi connectivity index (χ4n) is 1.41. The molecule has 1 aliphatic rings. The average molecular weight is 275 g/mol. The number of hydrogen-bond donors (Lipinski definition) is 0. The molecule has 0 N–H and O–H groups in total. The minimum Gasteiger partial charge on any atom is -0.346 e. The fourth-order valence-corrected chi connectivity index (χ4v) is 2.02. The van der Waals surface area contributed by atoms with Crippen LogP contribution in [0.4, 0.5) is 4.39 Å². The van der Waals surface area contributed by atoms with Gasteiger partial charge in [-0.1, -0.05) is 0 Å². The largest absolute Gasteiger partial charge is 0.346 e. The maximum Gasteiger partial charge on any atom is 0.185 e. The summed E-state index contributed by atoms with van der Waals surface area (Å²) < 4.78 is 24.1. The molecule has 5 heteroatoms. The van der Waals surface area contributed by atoms with Gasteiger partial charge in [-0.15, -0.1) is 0 Å². The summed E-state index contributed by atoms with van der Waals surface area (Å²) in [6.07, 6.45) is -0.0450. The lowest BCUT2D eigenvalue weighted by Gasteiger charge is -2.12. The van der Waals surface area contributed by atoms with E-state index in [0.717, 1.165) is 0 Å². The minimum atomic E-state index is -0.557. The Morgan fingerprint density at radius 2 is 2.07 bits per heavy atom. The van der Waals surface area contributed by atoms with Crippen LogP contribution in [0.15, 0.2) is 16.6 Å². The van der Waals surface area contributed by atoms with Crippen LogP contribution in [-0.4, -0.2) is 19.5 Å². The first-order valence-corrected chi connectivity index (χ1v) is 5.19. The van der Waals surface area contributed by atoms with Crippen LogP contribution < -0.4 is 0 Å². The quantitative estimate of drug-likeness (QED) is 0.778. The molecule has 1 aromatic rings. The first kappa shape index (κ1) is 10.7. The van der Waals surface area contributed by atoms with Gasteiger partial charge in [-0.05, 0) is 28.1 Å². The average Bonchev–Trinajstić information content (AvgIpc) is 2.71. The molecule has 1 aromatic carbocycles. The van der Waals surface area contributed by atoms with Gasteiger partial charge in [0.1, 0.15) is 5.82 Å². The first-order valence-electron chi connectivity index (χ1n) is 4.40. The van der Waals surface area contributed by atoms with Crippen molar-refractivity contribution in [1.82, 2.24) is 0 Å². The van der Waals surface area contributed by atoms with E-state index in [2.05, 4.69) is 15.9 Å². The van der Waals surface area contributed by atoms with Crippen LogP contribution in [0.3, 0.4) is 0 Å². The van der Waals surface area contributed by atoms with E-state index in [1.54, 1.807) is 6.07 Å². The van der Waals surface area contributed by atoms with Gasteiger partial charge in [0.05, 0.1) is 18.8 Å². The van der Waals surface area contributed by atoms with Crippen molar-refractivity contribution in [1.29, 1.82) is 0 Å². The SMILES string of the molecule is O=Cc1c(F)ccc(C2OCCO2)c1Br. The Bertz CT molecular complexity index is 388. The van der Waals surface area contributed by atoms with Gasteiger partial charge in [0.15, 0.2) is 12.6 Å². The first-order chi connectivity index (χ1) is 7.24. The lowest BCUT2D eigenvalue weighted by atomic mass is 10.1. The van der Waals surface area contributed by atoms with E-state index in [1.165, 1.54) is 6.07 Å². The van der Waals surface area contributed by atoms with Crippen molar-refractivity contribution in [2.75, 3.05) is 13.2 Å². The highest BCUT2D eigenvalue weighted by Gasteiger charge is 2.23. The van der Waals surface area contributed by atoms with Gasteiger partial charge >= 0.3 is 0 Å². The van der Waals surface area contributed by atoms with Gasteiger partial charge in [0, 0.05) is 10.0 Å². The highest BCUT2D eigenvalue weighted by molar-refractivity contribution is 9.10. The molecule has 0 saturated carbocycles. The zero-order valence-electron chi connectivity index (χ0n) is 7.70. The summed E-state index contributed by atoms with van der Waals surface area (Å²) in [6.45, 7) is 1.01. The second-order valence-corrected chi connectivity index (χ2v) is 3.85. The van der Waals surface area contributed by atoms with E-state index < -0.39 is 12.1 Å². The van der Waals surface area contributed by atoms with Crippen molar-refractivity contribution in [3.8, 4) is 0 Å². The van der Waals surface area contributed by atoms with Gasteiger partial charge in [-0.2, -0.15) is 0 Å². The number of rotatable bonds is 2. The fraction of sp³-hybridized carbons (Fsp3) is 0.300. The van der Waals surface area contributed by atoms with Crippen molar-refractivity contribution in [2.45, 2.75) is 6.29 Å². The Hall–Kier alpha value is -0.780. The van der Waals surface area contributed by atoms with Crippen molar-refractivity contribution in [3.63, 3.8) is 0 Å². The standard InChI is InChI=1S/C10H8BrFO3/c11-9-6(10-14-3-4-15-10)1-2-8(12)7(9)5-13/h1-2,5,10H,3-4H2. The van der Waals surface area contributed by atoms with Crippen LogP contribution in [0.5, 0.6) is 0 Å². The maximum atomic E-state index is 13.2. The van der Waals surface area contributed by atoms with Gasteiger partial charge in [-0.3, -0.25) is 4.79 Å². The molecule has 1 fully saturated rings. The van der Waals surface area contributed by atoms with E-state index >= 15 is 0 Å². The number of aldehydes is 1.